The van der Waals surface area contributed by atoms with Crippen LogP contribution in [0.4, 0.5) is 0 Å². The van der Waals surface area contributed by atoms with Crippen molar-refractivity contribution >= 4 is 17.9 Å². The smallest absolute Gasteiger partial charge is 0.306 e. The lowest BCUT2D eigenvalue weighted by Crippen LogP contribution is -2.30. The average molecular weight is 1080 g/mol. The Bertz CT molecular complexity index is 1620. The van der Waals surface area contributed by atoms with Crippen molar-refractivity contribution in [1.82, 2.24) is 0 Å². The largest absolute Gasteiger partial charge is 0.462 e. The maximum Gasteiger partial charge on any atom is 0.306 e. The minimum atomic E-state index is -0.795. The number of rotatable bonds is 58. The zero-order chi connectivity index (χ0) is 56.4. The van der Waals surface area contributed by atoms with Gasteiger partial charge in [0.15, 0.2) is 6.10 Å². The highest BCUT2D eigenvalue weighted by atomic mass is 16.6. The Morgan fingerprint density at radius 1 is 0.269 bits per heavy atom. The summed E-state index contributed by atoms with van der Waals surface area (Å²) in [6.07, 6.45) is 90.7. The van der Waals surface area contributed by atoms with Crippen molar-refractivity contribution in [3.8, 4) is 0 Å². The second-order valence-electron chi connectivity index (χ2n) is 21.3. The van der Waals surface area contributed by atoms with Crippen LogP contribution < -0.4 is 0 Å². The molecule has 1 unspecified atom stereocenters. The standard InChI is InChI=1S/C72H120O6/c1-4-7-10-13-16-19-22-25-27-28-29-30-31-32-33-34-35-36-37-38-39-40-41-42-43-44-45-48-50-53-56-59-62-65-71(74)77-68-69(67-76-70(73)64-61-58-55-52-49-46-24-21-18-15-12-9-6-3)78-72(75)66-63-60-57-54-51-47-26-23-20-17-14-11-8-5-2/h7,10,16,19,25,27,29-30,32-33,35-36,38-39,41-42,44-45,50,53,69H,4-6,8-9,11-15,17-18,20-24,26,28,31,34,37,40,43,46-49,51-52,54-68H2,1-3H3/b10-7-,19-16-,27-25-,30-29-,33-32-,36-35-,39-38-,42-41-,45-44-,53-50-. The highest BCUT2D eigenvalue weighted by Crippen LogP contribution is 2.16. The van der Waals surface area contributed by atoms with Crippen LogP contribution in [0.15, 0.2) is 122 Å². The van der Waals surface area contributed by atoms with Crippen LogP contribution in [0.2, 0.25) is 0 Å². The van der Waals surface area contributed by atoms with Crippen molar-refractivity contribution in [2.45, 2.75) is 303 Å². The fourth-order valence-electron chi connectivity index (χ4n) is 8.88. The fourth-order valence-corrected chi connectivity index (χ4v) is 8.88. The molecule has 0 aliphatic heterocycles. The summed E-state index contributed by atoms with van der Waals surface area (Å²) in [7, 11) is 0. The molecule has 444 valence electrons. The van der Waals surface area contributed by atoms with Crippen molar-refractivity contribution in [2.75, 3.05) is 13.2 Å². The lowest BCUT2D eigenvalue weighted by atomic mass is 10.0. The average Bonchev–Trinajstić information content (AvgIpc) is 3.44. The lowest BCUT2D eigenvalue weighted by Gasteiger charge is -2.18. The highest BCUT2D eigenvalue weighted by Gasteiger charge is 2.19. The van der Waals surface area contributed by atoms with Gasteiger partial charge in [-0.3, -0.25) is 14.4 Å². The third-order valence-corrected chi connectivity index (χ3v) is 13.7. The van der Waals surface area contributed by atoms with Gasteiger partial charge in [-0.25, -0.2) is 0 Å². The van der Waals surface area contributed by atoms with E-state index in [9.17, 15) is 14.4 Å². The topological polar surface area (TPSA) is 78.9 Å². The van der Waals surface area contributed by atoms with Crippen LogP contribution in [-0.2, 0) is 28.6 Å². The predicted octanol–water partition coefficient (Wildman–Crippen LogP) is 22.4. The Hall–Kier alpha value is -4.19. The van der Waals surface area contributed by atoms with Gasteiger partial charge in [0.2, 0.25) is 0 Å². The van der Waals surface area contributed by atoms with Gasteiger partial charge < -0.3 is 14.2 Å². The maximum atomic E-state index is 12.9. The summed E-state index contributed by atoms with van der Waals surface area (Å²) in [5.74, 6) is -0.927. The minimum absolute atomic E-state index is 0.0891. The molecule has 0 bridgehead atoms. The van der Waals surface area contributed by atoms with Gasteiger partial charge in [-0.1, -0.05) is 303 Å². The molecule has 0 rings (SSSR count). The summed E-state index contributed by atoms with van der Waals surface area (Å²) < 4.78 is 16.9. The first kappa shape index (κ1) is 73.8. The van der Waals surface area contributed by atoms with Gasteiger partial charge in [-0.05, 0) is 96.3 Å². The Kier molecular flexibility index (Phi) is 61.8. The molecule has 1 atom stereocenters. The summed E-state index contributed by atoms with van der Waals surface area (Å²) in [5.41, 5.74) is 0. The molecule has 0 aliphatic rings. The monoisotopic (exact) mass is 1080 g/mol. The molecule has 0 saturated heterocycles. The summed E-state index contributed by atoms with van der Waals surface area (Å²) in [6.45, 7) is 6.51. The molecule has 0 saturated carbocycles. The molecule has 0 aliphatic carbocycles. The van der Waals surface area contributed by atoms with E-state index >= 15 is 0 Å². The number of esters is 3. The first-order valence-electron chi connectivity index (χ1n) is 32.5. The zero-order valence-electron chi connectivity index (χ0n) is 50.9. The molecule has 78 heavy (non-hydrogen) atoms. The molecule has 0 amide bonds. The van der Waals surface area contributed by atoms with E-state index in [4.69, 9.17) is 14.2 Å². The van der Waals surface area contributed by atoms with Crippen LogP contribution in [0.25, 0.3) is 0 Å². The van der Waals surface area contributed by atoms with E-state index in [2.05, 4.69) is 142 Å². The summed E-state index contributed by atoms with van der Waals surface area (Å²) in [4.78, 5) is 38.2. The SMILES string of the molecule is CC/C=C\C/C=C\C/C=C\C/C=C\C/C=C\C/C=C\C/C=C\C/C=C\C/C=C\C/C=C\CCCCC(=O)OCC(COC(=O)CCCCCCCCCCCCCCC)OC(=O)CCCCCCCCCCCCCCCC. The Morgan fingerprint density at radius 2 is 0.500 bits per heavy atom. The third-order valence-electron chi connectivity index (χ3n) is 13.7. The Morgan fingerprint density at radius 3 is 0.782 bits per heavy atom. The Labute approximate surface area is 482 Å². The zero-order valence-corrected chi connectivity index (χ0v) is 50.9. The number of carbonyl (C=O) groups is 3. The van der Waals surface area contributed by atoms with Crippen molar-refractivity contribution in [3.63, 3.8) is 0 Å². The first-order chi connectivity index (χ1) is 38.5. The van der Waals surface area contributed by atoms with Crippen molar-refractivity contribution < 1.29 is 28.6 Å². The van der Waals surface area contributed by atoms with Gasteiger partial charge in [0.1, 0.15) is 13.2 Å². The van der Waals surface area contributed by atoms with Gasteiger partial charge in [-0.2, -0.15) is 0 Å². The minimum Gasteiger partial charge on any atom is -0.462 e. The van der Waals surface area contributed by atoms with Crippen LogP contribution in [0.3, 0.4) is 0 Å². The van der Waals surface area contributed by atoms with Gasteiger partial charge in [0.05, 0.1) is 0 Å². The van der Waals surface area contributed by atoms with E-state index < -0.39 is 6.10 Å². The number of allylic oxidation sites excluding steroid dienone is 20. The fraction of sp³-hybridized carbons (Fsp3) is 0.681. The number of ether oxygens (including phenoxy) is 3. The quantitative estimate of drug-likeness (QED) is 0.0261. The maximum absolute atomic E-state index is 12.9. The van der Waals surface area contributed by atoms with E-state index in [1.165, 1.54) is 135 Å². The molecule has 0 radical (unpaired) electrons. The molecule has 6 heteroatoms. The van der Waals surface area contributed by atoms with Crippen LogP contribution in [0, 0.1) is 0 Å². The number of carbonyl (C=O) groups excluding carboxylic acids is 3. The number of hydrogen-bond acceptors (Lipinski definition) is 6. The van der Waals surface area contributed by atoms with Crippen molar-refractivity contribution in [3.05, 3.63) is 122 Å². The van der Waals surface area contributed by atoms with Gasteiger partial charge in [0.25, 0.3) is 0 Å². The Balaban J connectivity index is 4.34. The van der Waals surface area contributed by atoms with E-state index in [-0.39, 0.29) is 31.1 Å². The molecule has 0 aromatic heterocycles. The van der Waals surface area contributed by atoms with Gasteiger partial charge in [0, 0.05) is 19.3 Å². The molecule has 0 aromatic rings. The third kappa shape index (κ3) is 62.7. The van der Waals surface area contributed by atoms with E-state index in [1.54, 1.807) is 0 Å². The molecule has 6 nitrogen and oxygen atoms in total. The molecule has 0 heterocycles. The second kappa shape index (κ2) is 65.3. The number of hydrogen-bond donors (Lipinski definition) is 0. The van der Waals surface area contributed by atoms with E-state index in [0.717, 1.165) is 122 Å². The predicted molar refractivity (Wildman–Crippen MR) is 339 cm³/mol. The number of unbranched alkanes of at least 4 members (excludes halogenated alkanes) is 27. The molecule has 0 aromatic carbocycles. The molecular formula is C72H120O6. The van der Waals surface area contributed by atoms with Crippen LogP contribution in [0.5, 0.6) is 0 Å². The van der Waals surface area contributed by atoms with Crippen molar-refractivity contribution in [2.24, 2.45) is 0 Å². The van der Waals surface area contributed by atoms with E-state index in [0.29, 0.717) is 19.3 Å². The first-order valence-corrected chi connectivity index (χ1v) is 32.5. The van der Waals surface area contributed by atoms with E-state index in [1.807, 2.05) is 0 Å². The molecular weight excluding hydrogens is 961 g/mol. The van der Waals surface area contributed by atoms with Crippen molar-refractivity contribution in [1.29, 1.82) is 0 Å². The molecule has 0 N–H and O–H groups in total. The van der Waals surface area contributed by atoms with Crippen LogP contribution >= 0.6 is 0 Å². The summed E-state index contributed by atoms with van der Waals surface area (Å²) in [6, 6.07) is 0. The second-order valence-corrected chi connectivity index (χ2v) is 21.3. The molecule has 0 fully saturated rings. The van der Waals surface area contributed by atoms with Gasteiger partial charge in [-0.15, -0.1) is 0 Å². The lowest BCUT2D eigenvalue weighted by molar-refractivity contribution is -0.167. The summed E-state index contributed by atoms with van der Waals surface area (Å²) in [5, 5.41) is 0. The van der Waals surface area contributed by atoms with Gasteiger partial charge >= 0.3 is 17.9 Å². The highest BCUT2D eigenvalue weighted by molar-refractivity contribution is 5.71. The van der Waals surface area contributed by atoms with Crippen LogP contribution in [0.1, 0.15) is 297 Å². The van der Waals surface area contributed by atoms with Crippen LogP contribution in [-0.4, -0.2) is 37.2 Å². The molecule has 0 spiro atoms. The normalized spacial score (nSPS) is 12.9. The summed E-state index contributed by atoms with van der Waals surface area (Å²) >= 11 is 0.